The molecule has 2 atom stereocenters. The van der Waals surface area contributed by atoms with Crippen LogP contribution in [0.4, 0.5) is 0 Å². The monoisotopic (exact) mass is 367 g/mol. The van der Waals surface area contributed by atoms with Gasteiger partial charge >= 0.3 is 5.97 Å². The third-order valence-electron chi connectivity index (χ3n) is 5.33. The summed E-state index contributed by atoms with van der Waals surface area (Å²) in [6.07, 6.45) is 1.64. The van der Waals surface area contributed by atoms with Gasteiger partial charge in [-0.05, 0) is 60.1 Å². The van der Waals surface area contributed by atoms with E-state index in [9.17, 15) is 9.90 Å². The molecule has 3 rings (SSSR count). The first-order valence-electron chi connectivity index (χ1n) is 9.73. The number of benzene rings is 2. The van der Waals surface area contributed by atoms with Gasteiger partial charge in [-0.3, -0.25) is 9.69 Å². The van der Waals surface area contributed by atoms with E-state index >= 15 is 0 Å². The molecule has 0 saturated heterocycles. The Hall–Kier alpha value is -2.33. The molecule has 144 valence electrons. The Balaban J connectivity index is 1.96. The van der Waals surface area contributed by atoms with Crippen LogP contribution in [-0.2, 0) is 17.6 Å². The fourth-order valence-corrected chi connectivity index (χ4v) is 4.10. The van der Waals surface area contributed by atoms with Gasteiger partial charge in [-0.15, -0.1) is 0 Å². The van der Waals surface area contributed by atoms with Gasteiger partial charge in [-0.1, -0.05) is 44.2 Å². The van der Waals surface area contributed by atoms with E-state index in [1.807, 2.05) is 24.3 Å². The zero-order chi connectivity index (χ0) is 19.6. The minimum absolute atomic E-state index is 0.153. The van der Waals surface area contributed by atoms with E-state index < -0.39 is 5.97 Å². The number of carboxylic acid groups (broad SMARTS) is 1. The van der Waals surface area contributed by atoms with Crippen molar-refractivity contribution in [3.8, 4) is 5.75 Å². The second-order valence-electron chi connectivity index (χ2n) is 8.06. The Bertz CT molecular complexity index is 798. The number of phenolic OH excluding ortho intramolecular Hbond substituents is 1. The lowest BCUT2D eigenvalue weighted by atomic mass is 9.84. The Morgan fingerprint density at radius 1 is 1.19 bits per heavy atom. The number of phenols is 1. The molecule has 0 aliphatic carbocycles. The average molecular weight is 367 g/mol. The van der Waals surface area contributed by atoms with Gasteiger partial charge in [-0.25, -0.2) is 0 Å². The first-order valence-corrected chi connectivity index (χ1v) is 9.73. The normalized spacial score (nSPS) is 19.9. The van der Waals surface area contributed by atoms with E-state index in [1.54, 1.807) is 6.07 Å². The minimum Gasteiger partial charge on any atom is -0.508 e. The van der Waals surface area contributed by atoms with Crippen LogP contribution in [-0.4, -0.2) is 33.7 Å². The summed E-state index contributed by atoms with van der Waals surface area (Å²) in [6, 6.07) is 14.6. The highest BCUT2D eigenvalue weighted by atomic mass is 16.4. The summed E-state index contributed by atoms with van der Waals surface area (Å²) in [5, 5.41) is 18.8. The molecule has 2 N–H and O–H groups in total. The molecular weight excluding hydrogens is 338 g/mol. The third kappa shape index (κ3) is 4.51. The van der Waals surface area contributed by atoms with Crippen LogP contribution in [0.25, 0.3) is 0 Å². The fourth-order valence-electron chi connectivity index (χ4n) is 4.10. The van der Waals surface area contributed by atoms with Crippen molar-refractivity contribution in [1.29, 1.82) is 0 Å². The van der Waals surface area contributed by atoms with Crippen LogP contribution in [0.1, 0.15) is 55.5 Å². The van der Waals surface area contributed by atoms with Crippen molar-refractivity contribution in [2.45, 2.75) is 52.1 Å². The van der Waals surface area contributed by atoms with Gasteiger partial charge in [0.25, 0.3) is 0 Å². The van der Waals surface area contributed by atoms with Crippen LogP contribution in [0.2, 0.25) is 0 Å². The topological polar surface area (TPSA) is 60.8 Å². The molecule has 27 heavy (non-hydrogen) atoms. The van der Waals surface area contributed by atoms with Gasteiger partial charge in [0.2, 0.25) is 0 Å². The summed E-state index contributed by atoms with van der Waals surface area (Å²) in [5.74, 6) is 0.113. The van der Waals surface area contributed by atoms with Crippen LogP contribution >= 0.6 is 0 Å². The van der Waals surface area contributed by atoms with Gasteiger partial charge in [0.15, 0.2) is 0 Å². The molecule has 0 unspecified atom stereocenters. The van der Waals surface area contributed by atoms with Crippen molar-refractivity contribution in [2.75, 3.05) is 6.54 Å². The summed E-state index contributed by atoms with van der Waals surface area (Å²) >= 11 is 0. The Kier molecular flexibility index (Phi) is 5.85. The fraction of sp³-hybridized carbons (Fsp3) is 0.435. The molecule has 4 heteroatoms. The summed E-state index contributed by atoms with van der Waals surface area (Å²) in [6.45, 7) is 7.74. The lowest BCUT2D eigenvalue weighted by Crippen LogP contribution is -2.44. The van der Waals surface area contributed by atoms with Crippen molar-refractivity contribution in [2.24, 2.45) is 5.92 Å². The predicted octanol–water partition coefficient (Wildman–Crippen LogP) is 4.40. The molecule has 1 aliphatic heterocycles. The summed E-state index contributed by atoms with van der Waals surface area (Å²) in [5.41, 5.74) is 4.73. The molecular formula is C23H29NO3. The summed E-state index contributed by atoms with van der Waals surface area (Å²) in [7, 11) is 0. The molecule has 1 aliphatic rings. The minimum atomic E-state index is -0.767. The van der Waals surface area contributed by atoms with Gasteiger partial charge in [0.05, 0.1) is 6.04 Å². The van der Waals surface area contributed by atoms with Gasteiger partial charge in [0.1, 0.15) is 5.75 Å². The summed E-state index contributed by atoms with van der Waals surface area (Å²) in [4.78, 5) is 13.4. The quantitative estimate of drug-likeness (QED) is 0.794. The molecule has 0 bridgehead atoms. The number of hydrogen-bond acceptors (Lipinski definition) is 3. The lowest BCUT2D eigenvalue weighted by molar-refractivity contribution is -0.136. The van der Waals surface area contributed by atoms with Crippen molar-refractivity contribution >= 4 is 5.97 Å². The number of carboxylic acids is 1. The maximum Gasteiger partial charge on any atom is 0.303 e. The number of fused-ring (bicyclic) bond motifs is 1. The molecule has 1 heterocycles. The summed E-state index contributed by atoms with van der Waals surface area (Å²) < 4.78 is 0. The van der Waals surface area contributed by atoms with Gasteiger partial charge in [-0.2, -0.15) is 0 Å². The van der Waals surface area contributed by atoms with E-state index in [0.717, 1.165) is 18.5 Å². The van der Waals surface area contributed by atoms with Gasteiger partial charge < -0.3 is 10.2 Å². The number of hydrogen-bond donors (Lipinski definition) is 2. The van der Waals surface area contributed by atoms with Crippen LogP contribution in [0, 0.1) is 5.92 Å². The highest BCUT2D eigenvalue weighted by Gasteiger charge is 2.33. The Labute approximate surface area is 161 Å². The first-order chi connectivity index (χ1) is 12.8. The Morgan fingerprint density at radius 3 is 2.52 bits per heavy atom. The molecule has 0 radical (unpaired) electrons. The number of aryl methyl sites for hydroxylation is 1. The number of aromatic hydroxyl groups is 1. The van der Waals surface area contributed by atoms with E-state index in [2.05, 4.69) is 37.8 Å². The molecule has 2 aromatic carbocycles. The Morgan fingerprint density at radius 2 is 1.89 bits per heavy atom. The van der Waals surface area contributed by atoms with Gasteiger partial charge in [0, 0.05) is 19.0 Å². The number of nitrogens with zero attached hydrogens (tertiary/aromatic N) is 1. The number of rotatable bonds is 6. The first kappa shape index (κ1) is 19.4. The standard InChI is InChI=1S/C23H29NO3/c1-15(2)14-24-16(3)12-19-13-20(25)9-10-21(19)23(24)18-7-4-17(5-8-18)6-11-22(26)27/h4-5,7-10,13,15-16,23,25H,6,11-12,14H2,1-3H3,(H,26,27)/t16-,23-/m1/s1. The van der Waals surface area contributed by atoms with E-state index in [4.69, 9.17) is 5.11 Å². The highest BCUT2D eigenvalue weighted by molar-refractivity contribution is 5.67. The zero-order valence-corrected chi connectivity index (χ0v) is 16.4. The van der Waals surface area contributed by atoms with Crippen LogP contribution in [0.15, 0.2) is 42.5 Å². The largest absolute Gasteiger partial charge is 0.508 e. The molecule has 0 amide bonds. The van der Waals surface area contributed by atoms with Crippen molar-refractivity contribution in [3.63, 3.8) is 0 Å². The van der Waals surface area contributed by atoms with Crippen LogP contribution < -0.4 is 0 Å². The molecule has 4 nitrogen and oxygen atoms in total. The average Bonchev–Trinajstić information content (AvgIpc) is 2.61. The molecule has 0 aromatic heterocycles. The second-order valence-corrected chi connectivity index (χ2v) is 8.06. The van der Waals surface area contributed by atoms with Crippen LogP contribution in [0.5, 0.6) is 5.75 Å². The number of aliphatic carboxylic acids is 1. The third-order valence-corrected chi connectivity index (χ3v) is 5.33. The van der Waals surface area contributed by atoms with E-state index in [1.165, 1.54) is 16.7 Å². The van der Waals surface area contributed by atoms with Crippen molar-refractivity contribution in [1.82, 2.24) is 4.90 Å². The highest BCUT2D eigenvalue weighted by Crippen LogP contribution is 2.39. The second kappa shape index (κ2) is 8.13. The maximum atomic E-state index is 10.8. The maximum absolute atomic E-state index is 10.8. The molecule has 0 saturated carbocycles. The molecule has 2 aromatic rings. The van der Waals surface area contributed by atoms with Crippen molar-refractivity contribution in [3.05, 3.63) is 64.7 Å². The van der Waals surface area contributed by atoms with E-state index in [-0.39, 0.29) is 12.5 Å². The molecule has 0 spiro atoms. The molecule has 0 fully saturated rings. The SMILES string of the molecule is CC(C)CN1[C@H](c2ccc(CCC(=O)O)cc2)c2ccc(O)cc2C[C@H]1C. The van der Waals surface area contributed by atoms with Crippen molar-refractivity contribution < 1.29 is 15.0 Å². The van der Waals surface area contributed by atoms with E-state index in [0.29, 0.717) is 24.1 Å². The van der Waals surface area contributed by atoms with Crippen LogP contribution in [0.3, 0.4) is 0 Å². The predicted molar refractivity (Wildman–Crippen MR) is 107 cm³/mol. The zero-order valence-electron chi connectivity index (χ0n) is 16.4. The number of carbonyl (C=O) groups is 1. The smallest absolute Gasteiger partial charge is 0.303 e. The lowest BCUT2D eigenvalue weighted by Gasteiger charge is -2.43.